The van der Waals surface area contributed by atoms with Gasteiger partial charge in [0.15, 0.2) is 5.96 Å². The fourth-order valence-corrected chi connectivity index (χ4v) is 3.39. The van der Waals surface area contributed by atoms with E-state index in [0.29, 0.717) is 6.10 Å². The average molecular weight is 355 g/mol. The average Bonchev–Trinajstić information content (AvgIpc) is 3.14. The number of ether oxygens (including phenoxy) is 2. The molecule has 0 aliphatic carbocycles. The Hall–Kier alpha value is -0.850. The number of likely N-dealkylation sites (tertiary alicyclic amines) is 1. The van der Waals surface area contributed by atoms with Crippen LogP contribution in [0.1, 0.15) is 45.4 Å². The van der Waals surface area contributed by atoms with Gasteiger partial charge in [-0.1, -0.05) is 6.92 Å². The predicted molar refractivity (Wildman–Crippen MR) is 103 cm³/mol. The van der Waals surface area contributed by atoms with Crippen LogP contribution in [0.3, 0.4) is 0 Å². The normalized spacial score (nSPS) is 23.1. The summed E-state index contributed by atoms with van der Waals surface area (Å²) in [5, 5.41) is 6.76. The molecule has 0 aromatic rings. The number of nitrogens with zero attached hydrogens (tertiary/aromatic N) is 2. The Bertz CT molecular complexity index is 364. The molecule has 1 atom stereocenters. The van der Waals surface area contributed by atoms with Crippen LogP contribution in [-0.2, 0) is 9.47 Å². The Morgan fingerprint density at radius 1 is 1.16 bits per heavy atom. The molecule has 2 fully saturated rings. The number of guanidine groups is 1. The minimum absolute atomic E-state index is 0.325. The van der Waals surface area contributed by atoms with Crippen LogP contribution in [0, 0.1) is 5.92 Å². The Kier molecular flexibility index (Phi) is 10.2. The lowest BCUT2D eigenvalue weighted by atomic mass is 9.99. The van der Waals surface area contributed by atoms with Gasteiger partial charge in [0.25, 0.3) is 0 Å². The standard InChI is InChI=1S/C19H38N4O2/c1-17-7-12-23(13-8-17)11-4-9-21-19(20-2)22-10-5-14-24-16-18-6-3-15-25-18/h17-18H,3-16H2,1-2H3,(H2,20,21,22). The SMILES string of the molecule is CN=C(NCCCOCC1CCCO1)NCCCN1CCC(C)CC1. The summed E-state index contributed by atoms with van der Waals surface area (Å²) < 4.78 is 11.2. The van der Waals surface area contributed by atoms with Gasteiger partial charge in [-0.3, -0.25) is 4.99 Å². The van der Waals surface area contributed by atoms with Crippen molar-refractivity contribution in [2.24, 2.45) is 10.9 Å². The van der Waals surface area contributed by atoms with Gasteiger partial charge in [0.05, 0.1) is 12.7 Å². The van der Waals surface area contributed by atoms with Gasteiger partial charge >= 0.3 is 0 Å². The minimum Gasteiger partial charge on any atom is -0.379 e. The molecule has 0 amide bonds. The zero-order valence-electron chi connectivity index (χ0n) is 16.3. The first-order valence-corrected chi connectivity index (χ1v) is 10.1. The third kappa shape index (κ3) is 8.88. The number of hydrogen-bond donors (Lipinski definition) is 2. The number of aliphatic imine (C=N–C) groups is 1. The zero-order chi connectivity index (χ0) is 17.7. The quantitative estimate of drug-likeness (QED) is 0.356. The molecular formula is C19H38N4O2. The molecule has 0 aromatic carbocycles. The van der Waals surface area contributed by atoms with Crippen molar-refractivity contribution in [2.45, 2.75) is 51.6 Å². The molecular weight excluding hydrogens is 316 g/mol. The van der Waals surface area contributed by atoms with Crippen molar-refractivity contribution < 1.29 is 9.47 Å². The molecule has 2 saturated heterocycles. The second-order valence-electron chi connectivity index (χ2n) is 7.37. The maximum Gasteiger partial charge on any atom is 0.190 e. The molecule has 2 aliphatic heterocycles. The maximum atomic E-state index is 5.68. The molecule has 0 bridgehead atoms. The smallest absolute Gasteiger partial charge is 0.190 e. The Balaban J connectivity index is 1.41. The van der Waals surface area contributed by atoms with Crippen LogP contribution in [0.2, 0.25) is 0 Å². The second-order valence-corrected chi connectivity index (χ2v) is 7.37. The Morgan fingerprint density at radius 2 is 1.92 bits per heavy atom. The van der Waals surface area contributed by atoms with Gasteiger partial charge in [0, 0.05) is 33.4 Å². The summed E-state index contributed by atoms with van der Waals surface area (Å²) in [5.41, 5.74) is 0. The molecule has 0 spiro atoms. The summed E-state index contributed by atoms with van der Waals surface area (Å²) in [7, 11) is 1.83. The van der Waals surface area contributed by atoms with E-state index in [9.17, 15) is 0 Å². The number of piperidine rings is 1. The summed E-state index contributed by atoms with van der Waals surface area (Å²) in [4.78, 5) is 6.87. The number of rotatable bonds is 10. The van der Waals surface area contributed by atoms with Crippen molar-refractivity contribution in [3.05, 3.63) is 0 Å². The van der Waals surface area contributed by atoms with Crippen molar-refractivity contribution in [1.29, 1.82) is 0 Å². The third-order valence-electron chi connectivity index (χ3n) is 5.13. The van der Waals surface area contributed by atoms with E-state index < -0.39 is 0 Å². The molecule has 2 aliphatic rings. The van der Waals surface area contributed by atoms with Crippen molar-refractivity contribution in [2.75, 3.05) is 59.6 Å². The highest BCUT2D eigenvalue weighted by Crippen LogP contribution is 2.15. The molecule has 1 unspecified atom stereocenters. The summed E-state index contributed by atoms with van der Waals surface area (Å²) in [5.74, 6) is 1.80. The fraction of sp³-hybridized carbons (Fsp3) is 0.947. The molecule has 2 N–H and O–H groups in total. The molecule has 25 heavy (non-hydrogen) atoms. The lowest BCUT2D eigenvalue weighted by Crippen LogP contribution is -2.40. The van der Waals surface area contributed by atoms with E-state index in [0.717, 1.165) is 57.6 Å². The maximum absolute atomic E-state index is 5.68. The highest BCUT2D eigenvalue weighted by atomic mass is 16.5. The molecule has 0 aromatic heterocycles. The molecule has 6 nitrogen and oxygen atoms in total. The predicted octanol–water partition coefficient (Wildman–Crippen LogP) is 1.86. The van der Waals surface area contributed by atoms with Crippen molar-refractivity contribution >= 4 is 5.96 Å². The van der Waals surface area contributed by atoms with Crippen LogP contribution in [0.15, 0.2) is 4.99 Å². The van der Waals surface area contributed by atoms with E-state index in [2.05, 4.69) is 27.4 Å². The Labute approximate surface area is 153 Å². The molecule has 2 rings (SSSR count). The van der Waals surface area contributed by atoms with E-state index in [1.54, 1.807) is 0 Å². The van der Waals surface area contributed by atoms with Crippen molar-refractivity contribution in [3.8, 4) is 0 Å². The van der Waals surface area contributed by atoms with E-state index >= 15 is 0 Å². The Morgan fingerprint density at radius 3 is 2.60 bits per heavy atom. The summed E-state index contributed by atoms with van der Waals surface area (Å²) >= 11 is 0. The van der Waals surface area contributed by atoms with Gasteiger partial charge in [-0.15, -0.1) is 0 Å². The first-order valence-electron chi connectivity index (χ1n) is 10.1. The van der Waals surface area contributed by atoms with Gasteiger partial charge in [-0.25, -0.2) is 0 Å². The van der Waals surface area contributed by atoms with Gasteiger partial charge in [-0.2, -0.15) is 0 Å². The molecule has 2 heterocycles. The second kappa shape index (κ2) is 12.5. The topological polar surface area (TPSA) is 58.1 Å². The summed E-state index contributed by atoms with van der Waals surface area (Å²) in [6, 6.07) is 0. The van der Waals surface area contributed by atoms with E-state index in [1.807, 2.05) is 7.05 Å². The summed E-state index contributed by atoms with van der Waals surface area (Å²) in [6.07, 6.45) is 7.50. The molecule has 0 saturated carbocycles. The van der Waals surface area contributed by atoms with Gasteiger partial charge < -0.3 is 25.0 Å². The lowest BCUT2D eigenvalue weighted by molar-refractivity contribution is 0.0168. The van der Waals surface area contributed by atoms with Crippen LogP contribution in [0.4, 0.5) is 0 Å². The van der Waals surface area contributed by atoms with E-state index in [1.165, 1.54) is 45.3 Å². The fourth-order valence-electron chi connectivity index (χ4n) is 3.39. The van der Waals surface area contributed by atoms with Crippen LogP contribution in [0.25, 0.3) is 0 Å². The van der Waals surface area contributed by atoms with Crippen molar-refractivity contribution in [3.63, 3.8) is 0 Å². The van der Waals surface area contributed by atoms with E-state index in [-0.39, 0.29) is 0 Å². The highest BCUT2D eigenvalue weighted by molar-refractivity contribution is 5.79. The summed E-state index contributed by atoms with van der Waals surface area (Å²) in [6.45, 7) is 10.3. The first-order chi connectivity index (χ1) is 12.3. The molecule has 0 radical (unpaired) electrons. The largest absolute Gasteiger partial charge is 0.379 e. The van der Waals surface area contributed by atoms with Crippen LogP contribution in [0.5, 0.6) is 0 Å². The lowest BCUT2D eigenvalue weighted by Gasteiger charge is -2.30. The van der Waals surface area contributed by atoms with Crippen LogP contribution in [-0.4, -0.2) is 76.6 Å². The number of hydrogen-bond acceptors (Lipinski definition) is 4. The molecule has 146 valence electrons. The molecule has 6 heteroatoms. The van der Waals surface area contributed by atoms with Gasteiger partial charge in [0.1, 0.15) is 0 Å². The zero-order valence-corrected chi connectivity index (χ0v) is 16.3. The highest BCUT2D eigenvalue weighted by Gasteiger charge is 2.15. The first kappa shape index (κ1) is 20.5. The van der Waals surface area contributed by atoms with Crippen LogP contribution >= 0.6 is 0 Å². The third-order valence-corrected chi connectivity index (χ3v) is 5.13. The van der Waals surface area contributed by atoms with Crippen LogP contribution < -0.4 is 10.6 Å². The van der Waals surface area contributed by atoms with Gasteiger partial charge in [0.2, 0.25) is 0 Å². The van der Waals surface area contributed by atoms with E-state index in [4.69, 9.17) is 9.47 Å². The minimum atomic E-state index is 0.325. The van der Waals surface area contributed by atoms with Gasteiger partial charge in [-0.05, 0) is 64.1 Å². The van der Waals surface area contributed by atoms with Crippen molar-refractivity contribution in [1.82, 2.24) is 15.5 Å². The number of nitrogens with one attached hydrogen (secondary N) is 2. The monoisotopic (exact) mass is 354 g/mol.